The van der Waals surface area contributed by atoms with Crippen molar-refractivity contribution in [3.8, 4) is 5.69 Å². The summed E-state index contributed by atoms with van der Waals surface area (Å²) in [6.45, 7) is 6.47. The fourth-order valence-corrected chi connectivity index (χ4v) is 5.47. The fraction of sp³-hybridized carbons (Fsp3) is 0.214. The SMILES string of the molecule is CCc1ccc(N2C(=S)NC(c3ccccn3)C2c2cc(C)n(-c3cccc(Cl)c3)c2C)cc1. The van der Waals surface area contributed by atoms with Crippen LogP contribution in [0, 0.1) is 13.8 Å². The second-order valence-corrected chi connectivity index (χ2v) is 9.48. The Labute approximate surface area is 211 Å². The van der Waals surface area contributed by atoms with Gasteiger partial charge in [-0.1, -0.05) is 42.8 Å². The monoisotopic (exact) mass is 486 g/mol. The van der Waals surface area contributed by atoms with E-state index in [1.54, 1.807) is 0 Å². The quantitative estimate of drug-likeness (QED) is 0.311. The number of aromatic nitrogens is 2. The van der Waals surface area contributed by atoms with Crippen LogP contribution in [-0.4, -0.2) is 14.7 Å². The Morgan fingerprint density at radius 3 is 2.44 bits per heavy atom. The molecule has 2 atom stereocenters. The van der Waals surface area contributed by atoms with Crippen LogP contribution in [0.15, 0.2) is 79.0 Å². The van der Waals surface area contributed by atoms with Gasteiger partial charge in [-0.3, -0.25) is 4.98 Å². The van der Waals surface area contributed by atoms with Crippen LogP contribution in [0.3, 0.4) is 0 Å². The van der Waals surface area contributed by atoms with Gasteiger partial charge >= 0.3 is 0 Å². The average Bonchev–Trinajstić information content (AvgIpc) is 3.34. The van der Waals surface area contributed by atoms with E-state index in [0.29, 0.717) is 5.11 Å². The number of thiocarbonyl (C=S) groups is 1. The summed E-state index contributed by atoms with van der Waals surface area (Å²) in [5, 5.41) is 4.99. The molecule has 1 saturated heterocycles. The predicted molar refractivity (Wildman–Crippen MR) is 144 cm³/mol. The number of aryl methyl sites for hydroxylation is 2. The lowest BCUT2D eigenvalue weighted by Crippen LogP contribution is -2.29. The molecule has 1 fully saturated rings. The topological polar surface area (TPSA) is 33.1 Å². The zero-order chi connectivity index (χ0) is 23.8. The molecule has 0 saturated carbocycles. The van der Waals surface area contributed by atoms with Gasteiger partial charge in [0.05, 0.1) is 17.8 Å². The van der Waals surface area contributed by atoms with E-state index < -0.39 is 0 Å². The van der Waals surface area contributed by atoms with E-state index in [-0.39, 0.29) is 12.1 Å². The summed E-state index contributed by atoms with van der Waals surface area (Å²) in [6, 6.07) is 24.8. The summed E-state index contributed by atoms with van der Waals surface area (Å²) < 4.78 is 2.26. The molecule has 2 aromatic carbocycles. The van der Waals surface area contributed by atoms with Crippen molar-refractivity contribution in [3.05, 3.63) is 112 Å². The highest BCUT2D eigenvalue weighted by molar-refractivity contribution is 7.80. The summed E-state index contributed by atoms with van der Waals surface area (Å²) in [6.07, 6.45) is 2.84. The van der Waals surface area contributed by atoms with Crippen molar-refractivity contribution in [3.63, 3.8) is 0 Å². The van der Waals surface area contributed by atoms with Gasteiger partial charge in [-0.2, -0.15) is 0 Å². The molecule has 34 heavy (non-hydrogen) atoms. The first-order valence-electron chi connectivity index (χ1n) is 11.5. The molecule has 5 rings (SSSR count). The molecule has 3 heterocycles. The first-order valence-corrected chi connectivity index (χ1v) is 12.3. The summed E-state index contributed by atoms with van der Waals surface area (Å²) in [5.74, 6) is 0. The number of benzene rings is 2. The number of rotatable bonds is 5. The van der Waals surface area contributed by atoms with Crippen LogP contribution in [-0.2, 0) is 6.42 Å². The van der Waals surface area contributed by atoms with Gasteiger partial charge < -0.3 is 14.8 Å². The van der Waals surface area contributed by atoms with Crippen molar-refractivity contribution in [1.29, 1.82) is 0 Å². The zero-order valence-corrected chi connectivity index (χ0v) is 21.1. The van der Waals surface area contributed by atoms with Crippen LogP contribution < -0.4 is 10.2 Å². The Bertz CT molecular complexity index is 1330. The van der Waals surface area contributed by atoms with E-state index in [4.69, 9.17) is 23.8 Å². The van der Waals surface area contributed by atoms with E-state index in [1.165, 1.54) is 11.1 Å². The van der Waals surface area contributed by atoms with Gasteiger partial charge in [-0.15, -0.1) is 0 Å². The first kappa shape index (κ1) is 22.6. The lowest BCUT2D eigenvalue weighted by atomic mass is 9.96. The van der Waals surface area contributed by atoms with Crippen molar-refractivity contribution in [2.45, 2.75) is 39.3 Å². The number of halogens is 1. The molecular weight excluding hydrogens is 460 g/mol. The second kappa shape index (κ2) is 9.24. The molecule has 4 nitrogen and oxygen atoms in total. The maximum atomic E-state index is 6.33. The molecule has 6 heteroatoms. The summed E-state index contributed by atoms with van der Waals surface area (Å²) in [7, 11) is 0. The Balaban J connectivity index is 1.67. The number of nitrogens with zero attached hydrogens (tertiary/aromatic N) is 3. The van der Waals surface area contributed by atoms with Crippen LogP contribution in [0.25, 0.3) is 5.69 Å². The molecule has 0 aliphatic carbocycles. The molecular formula is C28H27ClN4S. The molecule has 0 bridgehead atoms. The van der Waals surface area contributed by atoms with E-state index >= 15 is 0 Å². The summed E-state index contributed by atoms with van der Waals surface area (Å²) in [5.41, 5.74) is 7.91. The molecule has 1 N–H and O–H groups in total. The highest BCUT2D eigenvalue weighted by atomic mass is 35.5. The van der Waals surface area contributed by atoms with Crippen molar-refractivity contribution in [2.75, 3.05) is 4.90 Å². The summed E-state index contributed by atoms with van der Waals surface area (Å²) in [4.78, 5) is 6.92. The van der Waals surface area contributed by atoms with Crippen LogP contribution in [0.2, 0.25) is 5.02 Å². The van der Waals surface area contributed by atoms with Gasteiger partial charge in [0.25, 0.3) is 0 Å². The molecule has 2 aromatic heterocycles. The molecule has 4 aromatic rings. The highest BCUT2D eigenvalue weighted by Crippen LogP contribution is 2.43. The second-order valence-electron chi connectivity index (χ2n) is 8.66. The molecule has 1 aliphatic heterocycles. The van der Waals surface area contributed by atoms with Gasteiger partial charge in [-0.25, -0.2) is 0 Å². The highest BCUT2D eigenvalue weighted by Gasteiger charge is 2.42. The number of hydrogen-bond donors (Lipinski definition) is 1. The van der Waals surface area contributed by atoms with Crippen molar-refractivity contribution < 1.29 is 0 Å². The van der Waals surface area contributed by atoms with Gasteiger partial charge in [-0.05, 0) is 92.1 Å². The van der Waals surface area contributed by atoms with Crippen molar-refractivity contribution in [1.82, 2.24) is 14.9 Å². The van der Waals surface area contributed by atoms with E-state index in [0.717, 1.165) is 39.9 Å². The number of nitrogens with one attached hydrogen (secondary N) is 1. The van der Waals surface area contributed by atoms with E-state index in [1.807, 2.05) is 36.5 Å². The van der Waals surface area contributed by atoms with Crippen molar-refractivity contribution >= 4 is 34.6 Å². The Hall–Kier alpha value is -3.15. The third-order valence-corrected chi connectivity index (χ3v) is 7.13. The lowest BCUT2D eigenvalue weighted by Gasteiger charge is -2.28. The van der Waals surface area contributed by atoms with E-state index in [2.05, 4.69) is 83.0 Å². The third-order valence-electron chi connectivity index (χ3n) is 6.58. The Morgan fingerprint density at radius 2 is 1.76 bits per heavy atom. The van der Waals surface area contributed by atoms with Gasteiger partial charge in [0.2, 0.25) is 0 Å². The normalized spacial score (nSPS) is 17.8. The molecule has 0 spiro atoms. The van der Waals surface area contributed by atoms with Crippen LogP contribution in [0.4, 0.5) is 5.69 Å². The van der Waals surface area contributed by atoms with Crippen LogP contribution in [0.5, 0.6) is 0 Å². The van der Waals surface area contributed by atoms with Gasteiger partial charge in [0.15, 0.2) is 5.11 Å². The van der Waals surface area contributed by atoms with Crippen molar-refractivity contribution in [2.24, 2.45) is 0 Å². The summed E-state index contributed by atoms with van der Waals surface area (Å²) >= 11 is 12.2. The molecule has 2 unspecified atom stereocenters. The van der Waals surface area contributed by atoms with Gasteiger partial charge in [0.1, 0.15) is 0 Å². The van der Waals surface area contributed by atoms with Gasteiger partial charge in [0, 0.05) is 34.0 Å². The number of anilines is 1. The maximum Gasteiger partial charge on any atom is 0.174 e. The Kier molecular flexibility index (Phi) is 6.15. The minimum absolute atomic E-state index is 0.0472. The maximum absolute atomic E-state index is 6.33. The fourth-order valence-electron chi connectivity index (χ4n) is 4.94. The van der Waals surface area contributed by atoms with Crippen LogP contribution >= 0.6 is 23.8 Å². The predicted octanol–water partition coefficient (Wildman–Crippen LogP) is 6.88. The Morgan fingerprint density at radius 1 is 0.971 bits per heavy atom. The average molecular weight is 487 g/mol. The molecule has 172 valence electrons. The minimum Gasteiger partial charge on any atom is -0.351 e. The lowest BCUT2D eigenvalue weighted by molar-refractivity contribution is 0.565. The first-order chi connectivity index (χ1) is 16.5. The molecule has 0 radical (unpaired) electrons. The molecule has 1 aliphatic rings. The molecule has 0 amide bonds. The smallest absolute Gasteiger partial charge is 0.174 e. The van der Waals surface area contributed by atoms with Crippen LogP contribution in [0.1, 0.15) is 47.2 Å². The minimum atomic E-state index is -0.0761. The third kappa shape index (κ3) is 3.99. The zero-order valence-electron chi connectivity index (χ0n) is 19.5. The van der Waals surface area contributed by atoms with E-state index in [9.17, 15) is 0 Å². The largest absolute Gasteiger partial charge is 0.351 e. The number of pyridine rings is 1. The standard InChI is InChI=1S/C28H27ClN4S/c1-4-20-11-13-22(14-12-20)33-27(26(31-28(33)34)25-10-5-6-15-30-25)24-16-18(2)32(19(24)3)23-9-7-8-21(29)17-23/h5-17,26-27H,4H2,1-3H3,(H,31,34). The number of hydrogen-bond acceptors (Lipinski definition) is 2.